The van der Waals surface area contributed by atoms with Crippen LogP contribution in [0.2, 0.25) is 0 Å². The molecular weight excluding hydrogens is 149 g/mol. The van der Waals surface area contributed by atoms with Gasteiger partial charge in [0.05, 0.1) is 7.05 Å². The molecule has 0 amide bonds. The summed E-state index contributed by atoms with van der Waals surface area (Å²) in [6.45, 7) is 2.14. The van der Waals surface area contributed by atoms with E-state index in [-0.39, 0.29) is 5.97 Å². The largest absolute Gasteiger partial charge is 0.460 e. The fourth-order valence-corrected chi connectivity index (χ4v) is 0.508. The molecule has 0 saturated carbocycles. The molecule has 0 aromatic rings. The Morgan fingerprint density at radius 2 is 2.27 bits per heavy atom. The van der Waals surface area contributed by atoms with Crippen LogP contribution in [0.5, 0.6) is 0 Å². The quantitative estimate of drug-likeness (QED) is 0.434. The lowest BCUT2D eigenvalue weighted by Crippen LogP contribution is -3.08. The second kappa shape index (κ2) is 6.09. The van der Waals surface area contributed by atoms with Gasteiger partial charge in [-0.2, -0.15) is 4.39 Å². The van der Waals surface area contributed by atoms with Crippen LogP contribution >= 0.6 is 0 Å². The van der Waals surface area contributed by atoms with Crippen molar-refractivity contribution in [2.45, 2.75) is 13.3 Å². The molecule has 0 aliphatic heterocycles. The maximum Gasteiger partial charge on any atom is 0.305 e. The van der Waals surface area contributed by atoms with Gasteiger partial charge in [-0.3, -0.25) is 4.79 Å². The first-order valence-corrected chi connectivity index (χ1v) is 3.73. The minimum absolute atomic E-state index is 0.225. The molecule has 1 atom stereocenters. The zero-order valence-corrected chi connectivity index (χ0v) is 7.02. The number of hydrogen-bond acceptors (Lipinski definition) is 2. The maximum absolute atomic E-state index is 11.8. The Balaban J connectivity index is 3.20. The van der Waals surface area contributed by atoms with Crippen molar-refractivity contribution in [3.05, 3.63) is 0 Å². The van der Waals surface area contributed by atoms with E-state index in [1.165, 1.54) is 0 Å². The molecule has 0 aromatic heterocycles. The van der Waals surface area contributed by atoms with Gasteiger partial charge in [-0.1, -0.05) is 6.92 Å². The molecule has 4 heteroatoms. The zero-order valence-electron chi connectivity index (χ0n) is 7.02. The summed E-state index contributed by atoms with van der Waals surface area (Å²) in [6, 6.07) is 0. The maximum atomic E-state index is 11.8. The van der Waals surface area contributed by atoms with E-state index in [1.54, 1.807) is 14.0 Å². The number of likely N-dealkylation sites (N-methyl/N-ethyl adjacent to an activating group) is 1. The number of nitrogens with one attached hydrogen (secondary N) is 1. The summed E-state index contributed by atoms with van der Waals surface area (Å²) in [5, 5.41) is 0. The van der Waals surface area contributed by atoms with Crippen LogP contribution in [-0.4, -0.2) is 33.0 Å². The second-order valence-corrected chi connectivity index (χ2v) is 2.41. The smallest absolute Gasteiger partial charge is 0.305 e. The van der Waals surface area contributed by atoms with E-state index in [0.717, 1.165) is 0 Å². The van der Waals surface area contributed by atoms with Gasteiger partial charge >= 0.3 is 5.97 Å². The van der Waals surface area contributed by atoms with Crippen molar-refractivity contribution in [2.24, 2.45) is 0 Å². The first kappa shape index (κ1) is 10.4. The zero-order chi connectivity index (χ0) is 8.69. The van der Waals surface area contributed by atoms with Gasteiger partial charge in [0.25, 0.3) is 0 Å². The normalized spacial score (nSPS) is 12.6. The number of alkyl halides is 1. The molecule has 0 fully saturated rings. The third kappa shape index (κ3) is 5.79. The summed E-state index contributed by atoms with van der Waals surface area (Å²) in [6.07, 6.45) is 0.384. The standard InChI is InChI=1S/C7H14FNO2/c1-3-7(10)11-5-4-9(2)6-8/h3-6H2,1-2H3/p+1. The van der Waals surface area contributed by atoms with Gasteiger partial charge < -0.3 is 9.64 Å². The molecule has 1 N–H and O–H groups in total. The molecule has 0 aromatic carbocycles. The highest BCUT2D eigenvalue weighted by Crippen LogP contribution is 1.81. The van der Waals surface area contributed by atoms with Crippen LogP contribution in [0.3, 0.4) is 0 Å². The Labute approximate surface area is 66.1 Å². The van der Waals surface area contributed by atoms with Crippen LogP contribution in [0.15, 0.2) is 0 Å². The fourth-order valence-electron chi connectivity index (χ4n) is 0.508. The highest BCUT2D eigenvalue weighted by Gasteiger charge is 2.02. The Kier molecular flexibility index (Phi) is 5.74. The van der Waals surface area contributed by atoms with Crippen molar-refractivity contribution >= 4 is 5.97 Å². The van der Waals surface area contributed by atoms with Crippen molar-refractivity contribution in [3.8, 4) is 0 Å². The van der Waals surface area contributed by atoms with E-state index in [2.05, 4.69) is 0 Å². The lowest BCUT2D eigenvalue weighted by atomic mass is 10.5. The van der Waals surface area contributed by atoms with Gasteiger partial charge in [0.2, 0.25) is 6.80 Å². The van der Waals surface area contributed by atoms with Gasteiger partial charge in [-0.05, 0) is 0 Å². The Morgan fingerprint density at radius 3 is 2.73 bits per heavy atom. The van der Waals surface area contributed by atoms with E-state index >= 15 is 0 Å². The van der Waals surface area contributed by atoms with E-state index in [1.807, 2.05) is 0 Å². The van der Waals surface area contributed by atoms with Gasteiger partial charge in [0, 0.05) is 6.42 Å². The molecule has 0 heterocycles. The number of halogens is 1. The van der Waals surface area contributed by atoms with E-state index in [0.29, 0.717) is 24.5 Å². The molecule has 0 aliphatic rings. The molecule has 3 nitrogen and oxygen atoms in total. The highest BCUT2D eigenvalue weighted by molar-refractivity contribution is 5.68. The van der Waals surface area contributed by atoms with Gasteiger partial charge in [-0.15, -0.1) is 0 Å². The molecular formula is C7H15FNO2+. The minimum Gasteiger partial charge on any atom is -0.460 e. The minimum atomic E-state index is -0.427. The molecule has 0 rings (SSSR count). The number of esters is 1. The van der Waals surface area contributed by atoms with Crippen LogP contribution in [-0.2, 0) is 9.53 Å². The summed E-state index contributed by atoms with van der Waals surface area (Å²) in [7, 11) is 1.71. The Bertz CT molecular complexity index is 119. The molecule has 1 unspecified atom stereocenters. The summed E-state index contributed by atoms with van der Waals surface area (Å²) in [5.74, 6) is -0.225. The molecule has 11 heavy (non-hydrogen) atoms. The Morgan fingerprint density at radius 1 is 1.64 bits per heavy atom. The van der Waals surface area contributed by atoms with E-state index < -0.39 is 6.80 Å². The summed E-state index contributed by atoms with van der Waals surface area (Å²) < 4.78 is 16.6. The molecule has 66 valence electrons. The molecule has 0 aliphatic carbocycles. The van der Waals surface area contributed by atoms with Crippen molar-refractivity contribution < 1.29 is 18.8 Å². The fraction of sp³-hybridized carbons (Fsp3) is 0.857. The number of carbonyl (C=O) groups is 1. The van der Waals surface area contributed by atoms with E-state index in [4.69, 9.17) is 4.74 Å². The van der Waals surface area contributed by atoms with Crippen molar-refractivity contribution in [1.29, 1.82) is 0 Å². The number of carbonyl (C=O) groups excluding carboxylic acids is 1. The van der Waals surface area contributed by atoms with E-state index in [9.17, 15) is 9.18 Å². The van der Waals surface area contributed by atoms with Crippen molar-refractivity contribution in [1.82, 2.24) is 0 Å². The lowest BCUT2D eigenvalue weighted by Gasteiger charge is -2.08. The van der Waals surface area contributed by atoms with Crippen LogP contribution < -0.4 is 4.90 Å². The number of hydrogen-bond donors (Lipinski definition) is 1. The number of quaternary nitrogens is 1. The topological polar surface area (TPSA) is 30.7 Å². The van der Waals surface area contributed by atoms with Gasteiger partial charge in [0.15, 0.2) is 0 Å². The average Bonchev–Trinajstić information content (AvgIpc) is 2.04. The SMILES string of the molecule is CCC(=O)OCC[NH+](C)CF. The van der Waals surface area contributed by atoms with Crippen LogP contribution in [0.4, 0.5) is 4.39 Å². The number of ether oxygens (including phenoxy) is 1. The lowest BCUT2D eigenvalue weighted by molar-refractivity contribution is -0.893. The first-order valence-electron chi connectivity index (χ1n) is 3.73. The van der Waals surface area contributed by atoms with Gasteiger partial charge in [-0.25, -0.2) is 0 Å². The summed E-state index contributed by atoms with van der Waals surface area (Å²) >= 11 is 0. The molecule has 0 saturated heterocycles. The van der Waals surface area contributed by atoms with Crippen LogP contribution in [0.1, 0.15) is 13.3 Å². The van der Waals surface area contributed by atoms with Crippen LogP contribution in [0, 0.1) is 0 Å². The second-order valence-electron chi connectivity index (χ2n) is 2.41. The predicted molar refractivity (Wildman–Crippen MR) is 39.0 cm³/mol. The van der Waals surface area contributed by atoms with Gasteiger partial charge in [0.1, 0.15) is 13.2 Å². The monoisotopic (exact) mass is 164 g/mol. The molecule has 0 radical (unpaired) electrons. The van der Waals surface area contributed by atoms with Crippen LogP contribution in [0.25, 0.3) is 0 Å². The Hall–Kier alpha value is -0.640. The first-order chi connectivity index (χ1) is 5.20. The third-order valence-electron chi connectivity index (χ3n) is 1.31. The van der Waals surface area contributed by atoms with Crippen molar-refractivity contribution in [2.75, 3.05) is 27.0 Å². The third-order valence-corrected chi connectivity index (χ3v) is 1.31. The highest BCUT2D eigenvalue weighted by atomic mass is 19.1. The molecule has 0 spiro atoms. The molecule has 0 bridgehead atoms. The summed E-state index contributed by atoms with van der Waals surface area (Å²) in [4.78, 5) is 11.3. The average molecular weight is 164 g/mol. The number of rotatable bonds is 5. The predicted octanol–water partition coefficient (Wildman–Crippen LogP) is -0.619. The summed E-state index contributed by atoms with van der Waals surface area (Å²) in [5.41, 5.74) is 0. The van der Waals surface area contributed by atoms with Crippen molar-refractivity contribution in [3.63, 3.8) is 0 Å².